The Morgan fingerprint density at radius 1 is 1.00 bits per heavy atom. The second kappa shape index (κ2) is 5.41. The van der Waals surface area contributed by atoms with Crippen molar-refractivity contribution in [3.05, 3.63) is 58.7 Å². The average Bonchev–Trinajstić information content (AvgIpc) is 2.36. The summed E-state index contributed by atoms with van der Waals surface area (Å²) in [5.41, 5.74) is 12.4. The quantitative estimate of drug-likeness (QED) is 0.828. The van der Waals surface area contributed by atoms with Crippen LogP contribution in [-0.2, 0) is 0 Å². The van der Waals surface area contributed by atoms with Gasteiger partial charge in [-0.1, -0.05) is 36.5 Å². The van der Waals surface area contributed by atoms with Crippen LogP contribution in [0, 0.1) is 20.8 Å². The molecule has 0 aliphatic heterocycles. The van der Waals surface area contributed by atoms with Gasteiger partial charge in [0.1, 0.15) is 4.99 Å². The number of thiocarbonyl (C=S) groups is 1. The predicted octanol–water partition coefficient (Wildman–Crippen LogP) is 3.99. The molecular weight excluding hydrogens is 252 g/mol. The van der Waals surface area contributed by atoms with Crippen molar-refractivity contribution in [3.8, 4) is 0 Å². The fourth-order valence-corrected chi connectivity index (χ4v) is 2.23. The summed E-state index contributed by atoms with van der Waals surface area (Å²) in [7, 11) is 0. The van der Waals surface area contributed by atoms with Crippen LogP contribution in [0.15, 0.2) is 36.4 Å². The second-order valence-corrected chi connectivity index (χ2v) is 5.17. The molecule has 0 heterocycles. The van der Waals surface area contributed by atoms with Crippen molar-refractivity contribution >= 4 is 28.6 Å². The number of nitrogens with one attached hydrogen (secondary N) is 1. The maximum atomic E-state index is 5.80. The number of nitrogens with two attached hydrogens (primary N) is 1. The van der Waals surface area contributed by atoms with E-state index < -0.39 is 0 Å². The summed E-state index contributed by atoms with van der Waals surface area (Å²) in [6.45, 7) is 6.26. The van der Waals surface area contributed by atoms with E-state index in [0.717, 1.165) is 22.5 Å². The summed E-state index contributed by atoms with van der Waals surface area (Å²) in [4.78, 5) is 0.413. The van der Waals surface area contributed by atoms with Crippen molar-refractivity contribution in [2.75, 3.05) is 5.32 Å². The lowest BCUT2D eigenvalue weighted by molar-refractivity contribution is 1.32. The number of benzene rings is 2. The summed E-state index contributed by atoms with van der Waals surface area (Å²) in [6.07, 6.45) is 0. The van der Waals surface area contributed by atoms with Crippen LogP contribution in [0.25, 0.3) is 0 Å². The molecule has 0 fully saturated rings. The Labute approximate surface area is 119 Å². The molecule has 2 aromatic carbocycles. The minimum Gasteiger partial charge on any atom is -0.389 e. The molecule has 2 rings (SSSR count). The minimum atomic E-state index is 0.413. The van der Waals surface area contributed by atoms with Crippen LogP contribution in [0.2, 0.25) is 0 Å². The third-order valence-corrected chi connectivity index (χ3v) is 3.62. The third kappa shape index (κ3) is 2.76. The van der Waals surface area contributed by atoms with Gasteiger partial charge < -0.3 is 11.1 Å². The topological polar surface area (TPSA) is 38.0 Å². The summed E-state index contributed by atoms with van der Waals surface area (Å²) >= 11 is 5.12. The molecule has 2 aromatic rings. The van der Waals surface area contributed by atoms with Gasteiger partial charge in [0.2, 0.25) is 0 Å². The van der Waals surface area contributed by atoms with Gasteiger partial charge in [0.15, 0.2) is 0 Å². The SMILES string of the molecule is Cc1cccc(Nc2c(C)cccc2C(N)=S)c1C. The molecule has 0 amide bonds. The van der Waals surface area contributed by atoms with Gasteiger partial charge in [-0.2, -0.15) is 0 Å². The normalized spacial score (nSPS) is 10.3. The van der Waals surface area contributed by atoms with E-state index in [0.29, 0.717) is 4.99 Å². The second-order valence-electron chi connectivity index (χ2n) is 4.73. The Morgan fingerprint density at radius 2 is 1.63 bits per heavy atom. The van der Waals surface area contributed by atoms with Gasteiger partial charge in [0.05, 0.1) is 5.69 Å². The Bertz CT molecular complexity index is 633. The van der Waals surface area contributed by atoms with Gasteiger partial charge >= 0.3 is 0 Å². The molecular formula is C16H18N2S. The molecule has 0 aliphatic carbocycles. The highest BCUT2D eigenvalue weighted by Gasteiger charge is 2.09. The van der Waals surface area contributed by atoms with Crippen molar-refractivity contribution in [3.63, 3.8) is 0 Å². The Balaban J connectivity index is 2.49. The molecule has 0 aliphatic rings. The lowest BCUT2D eigenvalue weighted by Gasteiger charge is -2.16. The van der Waals surface area contributed by atoms with E-state index in [1.54, 1.807) is 0 Å². The molecule has 2 nitrogen and oxygen atoms in total. The number of hydrogen-bond donors (Lipinski definition) is 2. The number of hydrogen-bond acceptors (Lipinski definition) is 2. The zero-order valence-corrected chi connectivity index (χ0v) is 12.3. The first-order valence-corrected chi connectivity index (χ1v) is 6.64. The lowest BCUT2D eigenvalue weighted by Crippen LogP contribution is -2.13. The standard InChI is InChI=1S/C16H18N2S/c1-10-6-5-9-14(12(10)3)18-15-11(2)7-4-8-13(15)16(17)19/h4-9,18H,1-3H3,(H2,17,19). The van der Waals surface area contributed by atoms with E-state index in [-0.39, 0.29) is 0 Å². The first kappa shape index (κ1) is 13.6. The summed E-state index contributed by atoms with van der Waals surface area (Å²) in [6, 6.07) is 12.2. The van der Waals surface area contributed by atoms with Gasteiger partial charge in [0.25, 0.3) is 0 Å². The van der Waals surface area contributed by atoms with Gasteiger partial charge in [0, 0.05) is 11.3 Å². The third-order valence-electron chi connectivity index (χ3n) is 3.40. The van der Waals surface area contributed by atoms with Crippen LogP contribution >= 0.6 is 12.2 Å². The molecule has 3 N–H and O–H groups in total. The van der Waals surface area contributed by atoms with Crippen LogP contribution in [0.5, 0.6) is 0 Å². The molecule has 19 heavy (non-hydrogen) atoms. The van der Waals surface area contributed by atoms with Crippen molar-refractivity contribution in [2.24, 2.45) is 5.73 Å². The van der Waals surface area contributed by atoms with Crippen LogP contribution in [0.3, 0.4) is 0 Å². The van der Waals surface area contributed by atoms with Crippen molar-refractivity contribution in [1.82, 2.24) is 0 Å². The van der Waals surface area contributed by atoms with Crippen molar-refractivity contribution in [2.45, 2.75) is 20.8 Å². The molecule has 0 bridgehead atoms. The van der Waals surface area contributed by atoms with E-state index in [2.05, 4.69) is 44.3 Å². The van der Waals surface area contributed by atoms with Gasteiger partial charge in [-0.25, -0.2) is 0 Å². The summed E-state index contributed by atoms with van der Waals surface area (Å²) in [5, 5.41) is 3.46. The Kier molecular flexibility index (Phi) is 3.86. The fraction of sp³-hybridized carbons (Fsp3) is 0.188. The largest absolute Gasteiger partial charge is 0.389 e. The van der Waals surface area contributed by atoms with E-state index in [1.165, 1.54) is 11.1 Å². The van der Waals surface area contributed by atoms with Gasteiger partial charge in [-0.3, -0.25) is 0 Å². The highest BCUT2D eigenvalue weighted by atomic mass is 32.1. The van der Waals surface area contributed by atoms with Crippen molar-refractivity contribution < 1.29 is 0 Å². The zero-order chi connectivity index (χ0) is 14.0. The molecule has 0 spiro atoms. The minimum absolute atomic E-state index is 0.413. The monoisotopic (exact) mass is 270 g/mol. The zero-order valence-electron chi connectivity index (χ0n) is 11.4. The van der Waals surface area contributed by atoms with Crippen LogP contribution in [0.4, 0.5) is 11.4 Å². The smallest absolute Gasteiger partial charge is 0.106 e. The molecule has 0 saturated heterocycles. The molecule has 0 aromatic heterocycles. The van der Waals surface area contributed by atoms with Crippen LogP contribution in [0.1, 0.15) is 22.3 Å². The van der Waals surface area contributed by atoms with E-state index in [1.807, 2.05) is 18.2 Å². The van der Waals surface area contributed by atoms with Crippen LogP contribution < -0.4 is 11.1 Å². The van der Waals surface area contributed by atoms with Crippen LogP contribution in [-0.4, -0.2) is 4.99 Å². The Hall–Kier alpha value is -1.87. The van der Waals surface area contributed by atoms with Crippen molar-refractivity contribution in [1.29, 1.82) is 0 Å². The average molecular weight is 270 g/mol. The molecule has 98 valence electrons. The van der Waals surface area contributed by atoms with E-state index in [9.17, 15) is 0 Å². The Morgan fingerprint density at radius 3 is 2.32 bits per heavy atom. The first-order chi connectivity index (χ1) is 9.00. The number of rotatable bonds is 3. The summed E-state index contributed by atoms with van der Waals surface area (Å²) in [5.74, 6) is 0. The molecule has 3 heteroatoms. The predicted molar refractivity (Wildman–Crippen MR) is 86.3 cm³/mol. The molecule has 0 atom stereocenters. The van der Waals surface area contributed by atoms with E-state index in [4.69, 9.17) is 18.0 Å². The number of aryl methyl sites for hydroxylation is 2. The fourth-order valence-electron chi connectivity index (χ4n) is 2.06. The summed E-state index contributed by atoms with van der Waals surface area (Å²) < 4.78 is 0. The highest BCUT2D eigenvalue weighted by Crippen LogP contribution is 2.27. The van der Waals surface area contributed by atoms with Gasteiger partial charge in [-0.05, 0) is 49.6 Å². The molecule has 0 radical (unpaired) electrons. The lowest BCUT2D eigenvalue weighted by atomic mass is 10.0. The number of anilines is 2. The maximum Gasteiger partial charge on any atom is 0.106 e. The van der Waals surface area contributed by atoms with Gasteiger partial charge in [-0.15, -0.1) is 0 Å². The van der Waals surface area contributed by atoms with E-state index >= 15 is 0 Å². The molecule has 0 unspecified atom stereocenters. The first-order valence-electron chi connectivity index (χ1n) is 6.23. The highest BCUT2D eigenvalue weighted by molar-refractivity contribution is 7.80. The maximum absolute atomic E-state index is 5.80. The molecule has 0 saturated carbocycles. The number of para-hydroxylation sites is 1.